The highest BCUT2D eigenvalue weighted by atomic mass is 127. The average molecular weight is 533 g/mol. The number of aliphatic hydroxyl groups is 1. The second kappa shape index (κ2) is 13.1. The van der Waals surface area contributed by atoms with Gasteiger partial charge in [-0.3, -0.25) is 4.99 Å². The number of benzene rings is 2. The highest BCUT2D eigenvalue weighted by Gasteiger charge is 2.11. The monoisotopic (exact) mass is 533 g/mol. The predicted octanol–water partition coefficient (Wildman–Crippen LogP) is 3.67. The summed E-state index contributed by atoms with van der Waals surface area (Å²) in [5.41, 5.74) is 4.52. The van der Waals surface area contributed by atoms with Crippen molar-refractivity contribution in [2.45, 2.75) is 25.7 Å². The molecule has 1 unspecified atom stereocenters. The lowest BCUT2D eigenvalue weighted by molar-refractivity contribution is 0.265. The summed E-state index contributed by atoms with van der Waals surface area (Å²) in [6, 6.07) is 20.2. The number of aliphatic imine (C=N–C) groups is 1. The smallest absolute Gasteiger partial charge is 0.190 e. The number of para-hydroxylation sites is 1. The molecule has 0 aliphatic rings. The molecular formula is C24H32IN5O. The second-order valence-electron chi connectivity index (χ2n) is 7.29. The first kappa shape index (κ1) is 24.9. The van der Waals surface area contributed by atoms with E-state index in [0.717, 1.165) is 42.3 Å². The Hall–Kier alpha value is -2.39. The van der Waals surface area contributed by atoms with E-state index in [9.17, 15) is 5.11 Å². The van der Waals surface area contributed by atoms with E-state index in [-0.39, 0.29) is 36.5 Å². The van der Waals surface area contributed by atoms with Crippen molar-refractivity contribution in [3.05, 3.63) is 83.7 Å². The molecule has 7 heteroatoms. The number of hydrogen-bond donors (Lipinski definition) is 3. The van der Waals surface area contributed by atoms with Gasteiger partial charge in [0, 0.05) is 32.3 Å². The number of nitrogens with zero attached hydrogens (tertiary/aromatic N) is 3. The van der Waals surface area contributed by atoms with Crippen molar-refractivity contribution in [3.63, 3.8) is 0 Å². The van der Waals surface area contributed by atoms with E-state index in [4.69, 9.17) is 0 Å². The van der Waals surface area contributed by atoms with Crippen molar-refractivity contribution in [3.8, 4) is 5.69 Å². The highest BCUT2D eigenvalue weighted by Crippen LogP contribution is 2.14. The molecule has 1 heterocycles. The Bertz CT molecular complexity index is 928. The SMILES string of the molecule is CN=C(NCCCc1cn(-c2ccccc2)nc1C)NCC(CO)c1ccccc1.I. The summed E-state index contributed by atoms with van der Waals surface area (Å²) in [7, 11) is 1.76. The van der Waals surface area contributed by atoms with Crippen molar-refractivity contribution < 1.29 is 5.11 Å². The Balaban J connectivity index is 0.00000341. The first-order valence-corrected chi connectivity index (χ1v) is 10.4. The summed E-state index contributed by atoms with van der Waals surface area (Å²) in [6.45, 7) is 3.59. The molecule has 0 radical (unpaired) electrons. The molecule has 0 saturated heterocycles. The van der Waals surface area contributed by atoms with Crippen LogP contribution >= 0.6 is 24.0 Å². The van der Waals surface area contributed by atoms with E-state index in [1.165, 1.54) is 5.56 Å². The summed E-state index contributed by atoms with van der Waals surface area (Å²) >= 11 is 0. The van der Waals surface area contributed by atoms with Crippen molar-refractivity contribution in [1.29, 1.82) is 0 Å². The molecule has 1 atom stereocenters. The van der Waals surface area contributed by atoms with Gasteiger partial charge in [-0.2, -0.15) is 5.10 Å². The minimum Gasteiger partial charge on any atom is -0.396 e. The molecule has 0 aliphatic heterocycles. The Morgan fingerprint density at radius 2 is 1.74 bits per heavy atom. The van der Waals surface area contributed by atoms with Crippen LogP contribution in [0.5, 0.6) is 0 Å². The molecular weight excluding hydrogens is 501 g/mol. The summed E-state index contributed by atoms with van der Waals surface area (Å²) in [5, 5.41) is 21.0. The van der Waals surface area contributed by atoms with Crippen LogP contribution in [0, 0.1) is 6.92 Å². The van der Waals surface area contributed by atoms with E-state index in [1.54, 1.807) is 7.05 Å². The maximum absolute atomic E-state index is 9.71. The standard InChI is InChI=1S/C24H31N5O.HI/c1-19-21(17-29(28-19)23-13-7-4-8-14-23)12-9-15-26-24(25-2)27-16-22(18-30)20-10-5-3-6-11-20;/h3-8,10-11,13-14,17,22,30H,9,12,15-16,18H2,1-2H3,(H2,25,26,27);1H. The zero-order chi connectivity index (χ0) is 21.2. The van der Waals surface area contributed by atoms with Gasteiger partial charge < -0.3 is 15.7 Å². The maximum atomic E-state index is 9.71. The van der Waals surface area contributed by atoms with Crippen LogP contribution in [-0.2, 0) is 6.42 Å². The van der Waals surface area contributed by atoms with Crippen LogP contribution in [0.2, 0.25) is 0 Å². The van der Waals surface area contributed by atoms with Gasteiger partial charge in [0.05, 0.1) is 18.0 Å². The molecule has 3 N–H and O–H groups in total. The molecule has 3 rings (SSSR count). The van der Waals surface area contributed by atoms with Gasteiger partial charge in [0.15, 0.2) is 5.96 Å². The molecule has 0 aliphatic carbocycles. The lowest BCUT2D eigenvalue weighted by Crippen LogP contribution is -2.40. The summed E-state index contributed by atoms with van der Waals surface area (Å²) < 4.78 is 1.94. The van der Waals surface area contributed by atoms with Gasteiger partial charge in [-0.1, -0.05) is 48.5 Å². The zero-order valence-corrected chi connectivity index (χ0v) is 20.5. The normalized spacial score (nSPS) is 12.2. The lowest BCUT2D eigenvalue weighted by atomic mass is 10.0. The fourth-order valence-electron chi connectivity index (χ4n) is 3.39. The van der Waals surface area contributed by atoms with E-state index in [0.29, 0.717) is 6.54 Å². The van der Waals surface area contributed by atoms with Gasteiger partial charge >= 0.3 is 0 Å². The van der Waals surface area contributed by atoms with Crippen LogP contribution in [-0.4, -0.2) is 47.6 Å². The van der Waals surface area contributed by atoms with Gasteiger partial charge in [0.2, 0.25) is 0 Å². The van der Waals surface area contributed by atoms with E-state index >= 15 is 0 Å². The van der Waals surface area contributed by atoms with Crippen LogP contribution in [0.3, 0.4) is 0 Å². The van der Waals surface area contributed by atoms with Gasteiger partial charge in [-0.25, -0.2) is 4.68 Å². The first-order valence-electron chi connectivity index (χ1n) is 10.4. The number of guanidine groups is 1. The summed E-state index contributed by atoms with van der Waals surface area (Å²) in [5.74, 6) is 0.789. The number of aromatic nitrogens is 2. The number of nitrogens with one attached hydrogen (secondary N) is 2. The maximum Gasteiger partial charge on any atom is 0.190 e. The fourth-order valence-corrected chi connectivity index (χ4v) is 3.39. The third kappa shape index (κ3) is 7.36. The van der Waals surface area contributed by atoms with Crippen molar-refractivity contribution in [2.24, 2.45) is 4.99 Å². The summed E-state index contributed by atoms with van der Waals surface area (Å²) in [4.78, 5) is 4.29. The van der Waals surface area contributed by atoms with Crippen molar-refractivity contribution in [1.82, 2.24) is 20.4 Å². The molecule has 3 aromatic rings. The minimum atomic E-state index is 0. The van der Waals surface area contributed by atoms with Crippen LogP contribution in [0.4, 0.5) is 0 Å². The zero-order valence-electron chi connectivity index (χ0n) is 18.2. The van der Waals surface area contributed by atoms with Crippen LogP contribution in [0.25, 0.3) is 5.69 Å². The minimum absolute atomic E-state index is 0. The molecule has 0 saturated carbocycles. The second-order valence-corrected chi connectivity index (χ2v) is 7.29. The van der Waals surface area contributed by atoms with E-state index < -0.39 is 0 Å². The van der Waals surface area contributed by atoms with Gasteiger partial charge in [-0.05, 0) is 43.0 Å². The third-order valence-electron chi connectivity index (χ3n) is 5.17. The fraction of sp³-hybridized carbons (Fsp3) is 0.333. The summed E-state index contributed by atoms with van der Waals surface area (Å²) in [6.07, 6.45) is 4.04. The molecule has 6 nitrogen and oxygen atoms in total. The van der Waals surface area contributed by atoms with Gasteiger partial charge in [0.25, 0.3) is 0 Å². The number of hydrogen-bond acceptors (Lipinski definition) is 3. The number of rotatable bonds is 9. The average Bonchev–Trinajstić information content (AvgIpc) is 3.17. The molecule has 0 spiro atoms. The van der Waals surface area contributed by atoms with E-state index in [2.05, 4.69) is 46.0 Å². The number of halogens is 1. The largest absolute Gasteiger partial charge is 0.396 e. The molecule has 2 aromatic carbocycles. The molecule has 166 valence electrons. The molecule has 0 amide bonds. The van der Waals surface area contributed by atoms with Crippen molar-refractivity contribution in [2.75, 3.05) is 26.7 Å². The van der Waals surface area contributed by atoms with Crippen LogP contribution in [0.1, 0.15) is 29.2 Å². The Kier molecular flexibility index (Phi) is 10.5. The van der Waals surface area contributed by atoms with Crippen molar-refractivity contribution >= 4 is 29.9 Å². The number of aryl methyl sites for hydroxylation is 2. The lowest BCUT2D eigenvalue weighted by Gasteiger charge is -2.18. The van der Waals surface area contributed by atoms with Crippen LogP contribution < -0.4 is 10.6 Å². The molecule has 0 fully saturated rings. The van der Waals surface area contributed by atoms with Gasteiger partial charge in [0.1, 0.15) is 0 Å². The topological polar surface area (TPSA) is 74.5 Å². The third-order valence-corrected chi connectivity index (χ3v) is 5.17. The quantitative estimate of drug-likeness (QED) is 0.170. The first-order chi connectivity index (χ1) is 14.7. The van der Waals surface area contributed by atoms with Crippen LogP contribution in [0.15, 0.2) is 71.9 Å². The molecule has 0 bridgehead atoms. The molecule has 31 heavy (non-hydrogen) atoms. The highest BCUT2D eigenvalue weighted by molar-refractivity contribution is 14.0. The molecule has 1 aromatic heterocycles. The van der Waals surface area contributed by atoms with E-state index in [1.807, 2.05) is 53.2 Å². The van der Waals surface area contributed by atoms with Gasteiger partial charge in [-0.15, -0.1) is 24.0 Å². The number of aliphatic hydroxyl groups excluding tert-OH is 1. The Labute approximate surface area is 201 Å². The predicted molar refractivity (Wildman–Crippen MR) is 138 cm³/mol. The Morgan fingerprint density at radius 1 is 1.06 bits per heavy atom. The Morgan fingerprint density at radius 3 is 2.39 bits per heavy atom.